The lowest BCUT2D eigenvalue weighted by Crippen LogP contribution is -2.20. The molecule has 0 aliphatic carbocycles. The Morgan fingerprint density at radius 1 is 1.62 bits per heavy atom. The molecule has 0 aromatic heterocycles. The quantitative estimate of drug-likeness (QED) is 0.379. The summed E-state index contributed by atoms with van der Waals surface area (Å²) in [4.78, 5) is 0. The number of hydrogen-bond donors (Lipinski definition) is 2. The van der Waals surface area contributed by atoms with Crippen molar-refractivity contribution in [2.24, 2.45) is 5.73 Å². The first-order chi connectivity index (χ1) is 3.91. The normalized spacial score (nSPS) is 9.75. The van der Waals surface area contributed by atoms with Crippen molar-refractivity contribution in [3.63, 3.8) is 0 Å². The molecule has 0 atom stereocenters. The van der Waals surface area contributed by atoms with Crippen LogP contribution in [0.5, 0.6) is 0 Å². The molecule has 0 aromatic rings. The Morgan fingerprint density at radius 3 is 2.88 bits per heavy atom. The molecule has 0 unspecified atom stereocenters. The third-order valence-corrected chi connectivity index (χ3v) is 0.791. The van der Waals surface area contributed by atoms with Gasteiger partial charge in [-0.05, 0) is 6.54 Å². The average molecular weight is 118 g/mol. The molecule has 0 fully saturated rings. The van der Waals surface area contributed by atoms with Gasteiger partial charge in [-0.25, -0.2) is 0 Å². The molecule has 0 spiro atoms. The summed E-state index contributed by atoms with van der Waals surface area (Å²) in [5.74, 6) is 0. The van der Waals surface area contributed by atoms with E-state index in [-0.39, 0.29) is 0 Å². The van der Waals surface area contributed by atoms with E-state index in [1.165, 1.54) is 0 Å². The predicted molar refractivity (Wildman–Crippen MR) is 33.6 cm³/mol. The van der Waals surface area contributed by atoms with Gasteiger partial charge >= 0.3 is 0 Å². The highest BCUT2D eigenvalue weighted by Crippen LogP contribution is 1.64. The van der Waals surface area contributed by atoms with Gasteiger partial charge in [0, 0.05) is 6.54 Å². The van der Waals surface area contributed by atoms with Crippen molar-refractivity contribution in [2.75, 3.05) is 26.4 Å². The Morgan fingerprint density at radius 2 is 2.38 bits per heavy atom. The number of ether oxygens (including phenoxy) is 1. The van der Waals surface area contributed by atoms with Crippen molar-refractivity contribution in [3.05, 3.63) is 0 Å². The van der Waals surface area contributed by atoms with Crippen LogP contribution in [0.4, 0.5) is 0 Å². The zero-order valence-electron chi connectivity index (χ0n) is 5.31. The van der Waals surface area contributed by atoms with Gasteiger partial charge < -0.3 is 15.8 Å². The number of likely N-dealkylation sites (N-methyl/N-ethyl adjacent to an activating group) is 1. The molecule has 0 heterocycles. The van der Waals surface area contributed by atoms with Gasteiger partial charge in [0.1, 0.15) is 0 Å². The second-order valence-electron chi connectivity index (χ2n) is 1.43. The lowest BCUT2D eigenvalue weighted by Gasteiger charge is -1.99. The zero-order chi connectivity index (χ0) is 6.24. The Bertz CT molecular complexity index is 35.4. The highest BCUT2D eigenvalue weighted by atomic mass is 16.5. The predicted octanol–water partition coefficient (Wildman–Crippen LogP) is -0.471. The molecule has 50 valence electrons. The van der Waals surface area contributed by atoms with Crippen LogP contribution in [0.3, 0.4) is 0 Å². The van der Waals surface area contributed by atoms with Gasteiger partial charge in [0.25, 0.3) is 0 Å². The fourth-order valence-electron chi connectivity index (χ4n) is 0.404. The van der Waals surface area contributed by atoms with Crippen LogP contribution in [-0.4, -0.2) is 26.4 Å². The zero-order valence-corrected chi connectivity index (χ0v) is 5.31. The third kappa shape index (κ3) is 5.88. The van der Waals surface area contributed by atoms with E-state index in [1.807, 2.05) is 0 Å². The molecule has 0 saturated heterocycles. The van der Waals surface area contributed by atoms with Crippen molar-refractivity contribution >= 4 is 0 Å². The lowest BCUT2D eigenvalue weighted by molar-refractivity contribution is 0.143. The fourth-order valence-corrected chi connectivity index (χ4v) is 0.404. The largest absolute Gasteiger partial charge is 0.365 e. The van der Waals surface area contributed by atoms with Crippen molar-refractivity contribution in [1.82, 2.24) is 5.32 Å². The second-order valence-corrected chi connectivity index (χ2v) is 1.43. The summed E-state index contributed by atoms with van der Waals surface area (Å²) < 4.78 is 4.85. The molecule has 0 aromatic carbocycles. The maximum absolute atomic E-state index is 5.06. The third-order valence-electron chi connectivity index (χ3n) is 0.791. The Kier molecular flexibility index (Phi) is 6.78. The second kappa shape index (κ2) is 6.88. The minimum absolute atomic E-state index is 0.325. The van der Waals surface area contributed by atoms with Gasteiger partial charge in [0.2, 0.25) is 0 Å². The molecule has 3 N–H and O–H groups in total. The summed E-state index contributed by atoms with van der Waals surface area (Å²) in [6, 6.07) is 0. The first-order valence-corrected chi connectivity index (χ1v) is 2.90. The van der Waals surface area contributed by atoms with Crippen molar-refractivity contribution in [3.8, 4) is 0 Å². The molecule has 0 bridgehead atoms. The number of hydrogen-bond acceptors (Lipinski definition) is 3. The summed E-state index contributed by atoms with van der Waals surface area (Å²) in [7, 11) is 0. The van der Waals surface area contributed by atoms with E-state index in [1.54, 1.807) is 0 Å². The first-order valence-electron chi connectivity index (χ1n) is 2.90. The summed E-state index contributed by atoms with van der Waals surface area (Å²) in [5, 5.41) is 3.10. The molecular weight excluding hydrogens is 104 g/mol. The smallest absolute Gasteiger partial charge is 0.0940 e. The van der Waals surface area contributed by atoms with Gasteiger partial charge in [-0.1, -0.05) is 6.92 Å². The SMILES string of the molecule is CCNCCOCN. The summed E-state index contributed by atoms with van der Waals surface area (Å²) in [6.07, 6.45) is 0. The molecule has 0 amide bonds. The van der Waals surface area contributed by atoms with Crippen molar-refractivity contribution in [1.29, 1.82) is 0 Å². The maximum atomic E-state index is 5.06. The molecular formula is C5H14N2O. The summed E-state index contributed by atoms with van der Waals surface area (Å²) in [5.41, 5.74) is 5.06. The topological polar surface area (TPSA) is 47.3 Å². The Hall–Kier alpha value is -0.120. The van der Waals surface area contributed by atoms with E-state index >= 15 is 0 Å². The molecule has 0 saturated carbocycles. The highest BCUT2D eigenvalue weighted by molar-refractivity contribution is 4.37. The molecule has 0 rings (SSSR count). The van der Waals surface area contributed by atoms with Crippen molar-refractivity contribution < 1.29 is 4.74 Å². The van der Waals surface area contributed by atoms with Crippen LogP contribution >= 0.6 is 0 Å². The van der Waals surface area contributed by atoms with Crippen LogP contribution in [0.15, 0.2) is 0 Å². The monoisotopic (exact) mass is 118 g/mol. The minimum atomic E-state index is 0.325. The summed E-state index contributed by atoms with van der Waals surface area (Å²) >= 11 is 0. The van der Waals surface area contributed by atoms with E-state index in [0.29, 0.717) is 13.3 Å². The van der Waals surface area contributed by atoms with Crippen molar-refractivity contribution in [2.45, 2.75) is 6.92 Å². The number of rotatable bonds is 5. The Labute approximate surface area is 50.2 Å². The van der Waals surface area contributed by atoms with Gasteiger partial charge in [-0.2, -0.15) is 0 Å². The lowest BCUT2D eigenvalue weighted by atomic mass is 10.6. The van der Waals surface area contributed by atoms with Gasteiger partial charge in [-0.3, -0.25) is 0 Å². The van der Waals surface area contributed by atoms with Crippen LogP contribution in [0, 0.1) is 0 Å². The standard InChI is InChI=1S/C5H14N2O/c1-2-7-3-4-8-5-6/h7H,2-6H2,1H3. The van der Waals surface area contributed by atoms with E-state index in [0.717, 1.165) is 13.1 Å². The van der Waals surface area contributed by atoms with Crippen LogP contribution in [0.2, 0.25) is 0 Å². The summed E-state index contributed by atoms with van der Waals surface area (Å²) in [6.45, 7) is 4.99. The minimum Gasteiger partial charge on any atom is -0.365 e. The van der Waals surface area contributed by atoms with E-state index in [4.69, 9.17) is 10.5 Å². The molecule has 3 nitrogen and oxygen atoms in total. The number of nitrogens with one attached hydrogen (secondary N) is 1. The molecule has 0 radical (unpaired) electrons. The van der Waals surface area contributed by atoms with E-state index in [9.17, 15) is 0 Å². The van der Waals surface area contributed by atoms with Crippen LogP contribution in [-0.2, 0) is 4.74 Å². The average Bonchev–Trinajstić information content (AvgIpc) is 1.81. The van der Waals surface area contributed by atoms with Gasteiger partial charge in [0.05, 0.1) is 13.3 Å². The van der Waals surface area contributed by atoms with Crippen LogP contribution < -0.4 is 11.1 Å². The first kappa shape index (κ1) is 7.88. The maximum Gasteiger partial charge on any atom is 0.0940 e. The Balaban J connectivity index is 2.53. The van der Waals surface area contributed by atoms with E-state index < -0.39 is 0 Å². The van der Waals surface area contributed by atoms with E-state index in [2.05, 4.69) is 12.2 Å². The number of nitrogens with two attached hydrogens (primary N) is 1. The van der Waals surface area contributed by atoms with Crippen LogP contribution in [0.25, 0.3) is 0 Å². The highest BCUT2D eigenvalue weighted by Gasteiger charge is 1.80. The molecule has 0 aliphatic rings. The van der Waals surface area contributed by atoms with Crippen LogP contribution in [0.1, 0.15) is 6.92 Å². The molecule has 8 heavy (non-hydrogen) atoms. The van der Waals surface area contributed by atoms with Gasteiger partial charge in [-0.15, -0.1) is 0 Å². The fraction of sp³-hybridized carbons (Fsp3) is 1.00. The molecule has 3 heteroatoms. The molecule has 0 aliphatic heterocycles. The van der Waals surface area contributed by atoms with Gasteiger partial charge in [0.15, 0.2) is 0 Å².